The highest BCUT2D eigenvalue weighted by atomic mass is 16.5. The molecule has 6 rings (SSSR count). The van der Waals surface area contributed by atoms with Gasteiger partial charge in [0.05, 0.1) is 17.7 Å². The molecule has 0 spiro atoms. The fraction of sp³-hybridized carbons (Fsp3) is 0.357. The number of aliphatic imine (C=N–C) groups is 1. The van der Waals surface area contributed by atoms with E-state index in [4.69, 9.17) is 9.73 Å². The maximum absolute atomic E-state index is 14.1. The maximum atomic E-state index is 14.1. The van der Waals surface area contributed by atoms with Gasteiger partial charge in [-0.05, 0) is 90.1 Å². The van der Waals surface area contributed by atoms with Crippen LogP contribution in [0.4, 0.5) is 11.4 Å². The number of aromatic nitrogens is 3. The SMILES string of the molecule is CCC(C)(C)c1ccc(OCC(=O)Nc2ccc(CN3NC(=Nc4ccccc4C)C(n4nnc5cccc(C)c54)C3=O)cc2)c(C(C)(C)CC)c1. The molecule has 1 unspecified atom stereocenters. The van der Waals surface area contributed by atoms with Crippen LogP contribution in [0.5, 0.6) is 5.75 Å². The molecule has 1 aliphatic heterocycles. The van der Waals surface area contributed by atoms with Gasteiger partial charge in [0.1, 0.15) is 11.3 Å². The molecule has 10 heteroatoms. The van der Waals surface area contributed by atoms with E-state index in [2.05, 4.69) is 74.7 Å². The Bertz CT molecular complexity index is 2130. The number of hydrogen-bond acceptors (Lipinski definition) is 6. The number of nitrogens with one attached hydrogen (secondary N) is 2. The molecule has 2 amide bonds. The summed E-state index contributed by atoms with van der Waals surface area (Å²) in [5.74, 6) is 0.743. The van der Waals surface area contributed by atoms with Crippen molar-refractivity contribution in [2.75, 3.05) is 11.9 Å². The van der Waals surface area contributed by atoms with E-state index in [1.54, 1.807) is 9.69 Å². The number of carbonyl (C=O) groups is 2. The standard InChI is InChI=1S/C42H49N7O3/c1-9-41(5,6)30-20-23-35(32(24-30)42(7,8)10-2)52-26-36(50)43-31-21-18-29(19-22-31)25-48-40(51)38(39(46-48)44-33-16-12-11-14-27(33)3)49-37-28(4)15-13-17-34(37)45-47-49/h11-24,38H,9-10,25-26H2,1-8H3,(H,43,50)(H,44,46). The number of ether oxygens (including phenoxy) is 1. The number of carbonyl (C=O) groups excluding carboxylic acids is 2. The third-order valence-electron chi connectivity index (χ3n) is 10.5. The summed E-state index contributed by atoms with van der Waals surface area (Å²) in [5, 5.41) is 13.2. The Kier molecular flexibility index (Phi) is 10.2. The third-order valence-corrected chi connectivity index (χ3v) is 10.5. The second-order valence-electron chi connectivity index (χ2n) is 14.9. The molecule has 2 N–H and O–H groups in total. The van der Waals surface area contributed by atoms with E-state index in [1.807, 2.05) is 86.6 Å². The predicted molar refractivity (Wildman–Crippen MR) is 207 cm³/mol. The van der Waals surface area contributed by atoms with Crippen molar-refractivity contribution >= 4 is 40.1 Å². The quantitative estimate of drug-likeness (QED) is 0.136. The summed E-state index contributed by atoms with van der Waals surface area (Å²) in [6.07, 6.45) is 1.96. The van der Waals surface area contributed by atoms with Crippen LogP contribution in [0.1, 0.15) is 88.2 Å². The average Bonchev–Trinajstić information content (AvgIpc) is 3.69. The van der Waals surface area contributed by atoms with Gasteiger partial charge in [-0.1, -0.05) is 101 Å². The van der Waals surface area contributed by atoms with Crippen LogP contribution in [0.15, 0.2) is 89.9 Å². The molecule has 0 aliphatic carbocycles. The number of fused-ring (bicyclic) bond motifs is 1. The van der Waals surface area contributed by atoms with Crippen LogP contribution >= 0.6 is 0 Å². The minimum atomic E-state index is -0.818. The molecular formula is C42H49N7O3. The molecule has 270 valence electrons. The van der Waals surface area contributed by atoms with Crippen molar-refractivity contribution in [1.29, 1.82) is 0 Å². The van der Waals surface area contributed by atoms with E-state index in [1.165, 1.54) is 5.56 Å². The molecule has 0 radical (unpaired) electrons. The van der Waals surface area contributed by atoms with Crippen molar-refractivity contribution in [2.45, 2.75) is 91.6 Å². The molecule has 0 saturated carbocycles. The van der Waals surface area contributed by atoms with Gasteiger partial charge in [-0.3, -0.25) is 15.0 Å². The van der Waals surface area contributed by atoms with E-state index >= 15 is 0 Å². The van der Waals surface area contributed by atoms with E-state index in [-0.39, 0.29) is 35.8 Å². The minimum Gasteiger partial charge on any atom is -0.483 e. The second kappa shape index (κ2) is 14.6. The van der Waals surface area contributed by atoms with E-state index in [9.17, 15) is 9.59 Å². The summed E-state index contributed by atoms with van der Waals surface area (Å²) in [6.45, 7) is 17.4. The Morgan fingerprint density at radius 1 is 0.904 bits per heavy atom. The summed E-state index contributed by atoms with van der Waals surface area (Å²) in [7, 11) is 0. The number of nitrogens with zero attached hydrogens (tertiary/aromatic N) is 5. The first-order valence-corrected chi connectivity index (χ1v) is 18.0. The second-order valence-corrected chi connectivity index (χ2v) is 14.9. The van der Waals surface area contributed by atoms with Gasteiger partial charge in [-0.15, -0.1) is 5.10 Å². The van der Waals surface area contributed by atoms with E-state index in [0.29, 0.717) is 17.0 Å². The topological polar surface area (TPSA) is 114 Å². The lowest BCUT2D eigenvalue weighted by Gasteiger charge is -2.30. The number of amidine groups is 1. The number of benzene rings is 4. The number of hydrazine groups is 1. The third kappa shape index (κ3) is 7.42. The van der Waals surface area contributed by atoms with Crippen LogP contribution in [-0.4, -0.2) is 44.3 Å². The summed E-state index contributed by atoms with van der Waals surface area (Å²) in [6, 6.07) is 26.6. The zero-order chi connectivity index (χ0) is 37.2. The minimum absolute atomic E-state index is 0.0446. The summed E-state index contributed by atoms with van der Waals surface area (Å²) < 4.78 is 7.79. The molecule has 52 heavy (non-hydrogen) atoms. The zero-order valence-corrected chi connectivity index (χ0v) is 31.4. The molecule has 5 aromatic rings. The molecule has 1 aromatic heterocycles. The first-order valence-electron chi connectivity index (χ1n) is 18.0. The first kappa shape index (κ1) is 36.3. The van der Waals surface area contributed by atoms with Crippen LogP contribution < -0.4 is 15.5 Å². The molecule has 1 aliphatic rings. The van der Waals surface area contributed by atoms with Gasteiger partial charge in [-0.2, -0.15) is 0 Å². The maximum Gasteiger partial charge on any atom is 0.274 e. The van der Waals surface area contributed by atoms with Gasteiger partial charge in [0.25, 0.3) is 11.8 Å². The Morgan fingerprint density at radius 2 is 1.62 bits per heavy atom. The highest BCUT2D eigenvalue weighted by Crippen LogP contribution is 2.38. The molecule has 1 fully saturated rings. The number of hydrogen-bond donors (Lipinski definition) is 2. The molecule has 0 bridgehead atoms. The number of aryl methyl sites for hydroxylation is 2. The van der Waals surface area contributed by atoms with E-state index in [0.717, 1.165) is 52.0 Å². The Labute approximate surface area is 306 Å². The average molecular weight is 700 g/mol. The van der Waals surface area contributed by atoms with Gasteiger partial charge >= 0.3 is 0 Å². The van der Waals surface area contributed by atoms with Crippen molar-refractivity contribution < 1.29 is 14.3 Å². The van der Waals surface area contributed by atoms with Crippen molar-refractivity contribution in [1.82, 2.24) is 25.4 Å². The number of rotatable bonds is 12. The molecule has 2 heterocycles. The van der Waals surface area contributed by atoms with Crippen LogP contribution in [0.25, 0.3) is 11.0 Å². The molecular weight excluding hydrogens is 651 g/mol. The van der Waals surface area contributed by atoms with Gasteiger partial charge in [0, 0.05) is 11.3 Å². The first-order chi connectivity index (χ1) is 24.8. The van der Waals surface area contributed by atoms with Crippen LogP contribution in [-0.2, 0) is 27.0 Å². The summed E-state index contributed by atoms with van der Waals surface area (Å²) in [5.41, 5.74) is 11.3. The lowest BCUT2D eigenvalue weighted by Crippen LogP contribution is -2.35. The van der Waals surface area contributed by atoms with Gasteiger partial charge in [-0.25, -0.2) is 14.7 Å². The van der Waals surface area contributed by atoms with Gasteiger partial charge < -0.3 is 10.1 Å². The molecule has 10 nitrogen and oxygen atoms in total. The Morgan fingerprint density at radius 3 is 2.33 bits per heavy atom. The molecule has 1 atom stereocenters. The van der Waals surface area contributed by atoms with Gasteiger partial charge in [0.15, 0.2) is 18.5 Å². The van der Waals surface area contributed by atoms with Crippen molar-refractivity contribution in [3.8, 4) is 5.75 Å². The van der Waals surface area contributed by atoms with Crippen LogP contribution in [0.3, 0.4) is 0 Å². The Hall–Kier alpha value is -5.51. The smallest absolute Gasteiger partial charge is 0.274 e. The Balaban J connectivity index is 1.16. The summed E-state index contributed by atoms with van der Waals surface area (Å²) >= 11 is 0. The van der Waals surface area contributed by atoms with Crippen molar-refractivity contribution in [3.63, 3.8) is 0 Å². The van der Waals surface area contributed by atoms with Crippen LogP contribution in [0, 0.1) is 13.8 Å². The monoisotopic (exact) mass is 699 g/mol. The zero-order valence-electron chi connectivity index (χ0n) is 31.4. The highest BCUT2D eigenvalue weighted by Gasteiger charge is 2.41. The molecule has 4 aromatic carbocycles. The number of para-hydroxylation sites is 2. The number of anilines is 1. The fourth-order valence-electron chi connectivity index (χ4n) is 6.32. The normalized spacial score (nSPS) is 15.7. The number of amides is 2. The van der Waals surface area contributed by atoms with Gasteiger partial charge in [0.2, 0.25) is 0 Å². The van der Waals surface area contributed by atoms with E-state index < -0.39 is 6.04 Å². The lowest BCUT2D eigenvalue weighted by atomic mass is 9.76. The predicted octanol–water partition coefficient (Wildman–Crippen LogP) is 8.26. The highest BCUT2D eigenvalue weighted by molar-refractivity contribution is 6.11. The summed E-state index contributed by atoms with van der Waals surface area (Å²) in [4.78, 5) is 32.0. The van der Waals surface area contributed by atoms with Crippen molar-refractivity contribution in [2.24, 2.45) is 4.99 Å². The van der Waals surface area contributed by atoms with Crippen LogP contribution in [0.2, 0.25) is 0 Å². The molecule has 1 saturated heterocycles. The fourth-order valence-corrected chi connectivity index (χ4v) is 6.32. The van der Waals surface area contributed by atoms with Crippen molar-refractivity contribution in [3.05, 3.63) is 113 Å². The largest absolute Gasteiger partial charge is 0.483 e. The lowest BCUT2D eigenvalue weighted by molar-refractivity contribution is -0.132.